The Labute approximate surface area is 266 Å². The lowest BCUT2D eigenvalue weighted by Gasteiger charge is -2.12. The van der Waals surface area contributed by atoms with Gasteiger partial charge in [-0.2, -0.15) is 8.75 Å². The molecule has 3 aromatic carbocycles. The minimum absolute atomic E-state index is 0.196. The van der Waals surface area contributed by atoms with Crippen molar-refractivity contribution in [1.29, 1.82) is 0 Å². The largest absolute Gasteiger partial charge is 0.378 e. The first-order valence-corrected chi connectivity index (χ1v) is 17.3. The quantitative estimate of drug-likeness (QED) is 0.166. The van der Waals surface area contributed by atoms with Gasteiger partial charge in [0.15, 0.2) is 0 Å². The molecule has 0 aliphatic heterocycles. The number of hydrogen-bond donors (Lipinski definition) is 0. The van der Waals surface area contributed by atoms with Crippen LogP contribution in [-0.4, -0.2) is 27.8 Å². The van der Waals surface area contributed by atoms with Crippen LogP contribution < -0.4 is 4.90 Å². The topological polar surface area (TPSA) is 41.9 Å². The Morgan fingerprint density at radius 2 is 1.42 bits per heavy atom. The van der Waals surface area contributed by atoms with Crippen molar-refractivity contribution in [1.82, 2.24) is 13.7 Å². The van der Waals surface area contributed by atoms with E-state index in [1.165, 1.54) is 53.5 Å². The first kappa shape index (κ1) is 28.3. The molecular formula is C34H29FN4S4. The summed E-state index contributed by atoms with van der Waals surface area (Å²) in [6.07, 6.45) is 3.70. The molecule has 216 valence electrons. The molecular weight excluding hydrogens is 612 g/mol. The molecule has 4 nitrogen and oxygen atoms in total. The Bertz CT molecular complexity index is 2030. The highest BCUT2D eigenvalue weighted by atomic mass is 32.1. The predicted molar refractivity (Wildman–Crippen MR) is 186 cm³/mol. The Kier molecular flexibility index (Phi) is 7.59. The molecule has 0 saturated heterocycles. The Morgan fingerprint density at radius 3 is 2.14 bits per heavy atom. The molecule has 43 heavy (non-hydrogen) atoms. The van der Waals surface area contributed by atoms with Crippen LogP contribution in [0.2, 0.25) is 0 Å². The van der Waals surface area contributed by atoms with Crippen molar-refractivity contribution in [3.8, 4) is 41.9 Å². The lowest BCUT2D eigenvalue weighted by molar-refractivity contribution is 0.582. The average Bonchev–Trinajstić information content (AvgIpc) is 3.80. The summed E-state index contributed by atoms with van der Waals surface area (Å²) in [5, 5.41) is 0.819. The Hall–Kier alpha value is -3.50. The van der Waals surface area contributed by atoms with Crippen molar-refractivity contribution in [3.63, 3.8) is 0 Å². The minimum Gasteiger partial charge on any atom is -0.378 e. The highest BCUT2D eigenvalue weighted by Gasteiger charge is 2.19. The van der Waals surface area contributed by atoms with Crippen molar-refractivity contribution in [2.75, 3.05) is 19.0 Å². The number of thiophene rings is 2. The van der Waals surface area contributed by atoms with Gasteiger partial charge in [0.05, 0.1) is 16.6 Å². The fourth-order valence-corrected chi connectivity index (χ4v) is 9.14. The van der Waals surface area contributed by atoms with Gasteiger partial charge in [0.25, 0.3) is 0 Å². The standard InChI is InChI=1S/C34H29FN4S4/c1-19(2)5-6-20-7-12-23(26(35)15-20)31-18-36-34(42-31)25-14-13-24(32-33(25)38-43-37-32)28-17-30-29(41-28)16-27(40-30)21-8-10-22(11-9-21)39(3)4/h7-19H,5-6H2,1-4H3. The lowest BCUT2D eigenvalue weighted by atomic mass is 10.0. The van der Waals surface area contributed by atoms with Crippen LogP contribution in [0.4, 0.5) is 10.1 Å². The number of benzene rings is 3. The number of aryl methyl sites for hydroxylation is 1. The second-order valence-electron chi connectivity index (χ2n) is 11.3. The van der Waals surface area contributed by atoms with E-state index in [-0.39, 0.29) is 5.82 Å². The molecule has 9 heteroatoms. The van der Waals surface area contributed by atoms with E-state index < -0.39 is 0 Å². The number of thiazole rings is 1. The van der Waals surface area contributed by atoms with Gasteiger partial charge in [0.2, 0.25) is 0 Å². The number of aromatic nitrogens is 3. The van der Waals surface area contributed by atoms with Crippen LogP contribution >= 0.6 is 45.7 Å². The van der Waals surface area contributed by atoms with Gasteiger partial charge >= 0.3 is 0 Å². The predicted octanol–water partition coefficient (Wildman–Crippen LogP) is 10.9. The van der Waals surface area contributed by atoms with Gasteiger partial charge in [0.1, 0.15) is 21.9 Å². The van der Waals surface area contributed by atoms with Crippen molar-refractivity contribution in [3.05, 3.63) is 84.3 Å². The highest BCUT2D eigenvalue weighted by Crippen LogP contribution is 2.45. The number of nitrogens with zero attached hydrogens (tertiary/aromatic N) is 4. The second kappa shape index (κ2) is 11.5. The zero-order valence-electron chi connectivity index (χ0n) is 24.2. The number of halogens is 1. The number of anilines is 1. The second-order valence-corrected chi connectivity index (χ2v) is 15.0. The lowest BCUT2D eigenvalue weighted by Crippen LogP contribution is -2.07. The fraction of sp³-hybridized carbons (Fsp3) is 0.206. The molecule has 0 aliphatic rings. The Balaban J connectivity index is 1.17. The van der Waals surface area contributed by atoms with Crippen LogP contribution in [-0.2, 0) is 6.42 Å². The van der Waals surface area contributed by atoms with Crippen molar-refractivity contribution in [2.45, 2.75) is 26.7 Å². The third-order valence-electron chi connectivity index (χ3n) is 7.60. The van der Waals surface area contributed by atoms with Crippen LogP contribution in [0, 0.1) is 11.7 Å². The SMILES string of the molecule is CC(C)CCc1ccc(-c2cnc(-c3ccc(-c4cc5sc(-c6ccc(N(C)C)cc6)cc5s4)c4nsnc34)s2)c(F)c1. The molecule has 0 unspecified atom stereocenters. The minimum atomic E-state index is -0.196. The Morgan fingerprint density at radius 1 is 0.744 bits per heavy atom. The van der Waals surface area contributed by atoms with Gasteiger partial charge in [-0.25, -0.2) is 9.37 Å². The van der Waals surface area contributed by atoms with E-state index in [4.69, 9.17) is 4.37 Å². The molecule has 4 heterocycles. The van der Waals surface area contributed by atoms with E-state index in [1.807, 2.05) is 23.5 Å². The van der Waals surface area contributed by atoms with Gasteiger partial charge in [-0.15, -0.1) is 34.0 Å². The van der Waals surface area contributed by atoms with Gasteiger partial charge < -0.3 is 4.90 Å². The fourth-order valence-electron chi connectivity index (χ4n) is 5.16. The molecule has 0 aliphatic carbocycles. The molecule has 0 N–H and O–H groups in total. The molecule has 0 bridgehead atoms. The summed E-state index contributed by atoms with van der Waals surface area (Å²) in [7, 11) is 4.12. The summed E-state index contributed by atoms with van der Waals surface area (Å²) in [6.45, 7) is 4.38. The summed E-state index contributed by atoms with van der Waals surface area (Å²) in [5.41, 5.74) is 7.79. The van der Waals surface area contributed by atoms with Crippen LogP contribution in [0.3, 0.4) is 0 Å². The molecule has 4 aromatic heterocycles. The zero-order chi connectivity index (χ0) is 29.7. The molecule has 0 radical (unpaired) electrons. The van der Waals surface area contributed by atoms with Crippen molar-refractivity contribution in [2.24, 2.45) is 5.92 Å². The molecule has 7 aromatic rings. The average molecular weight is 641 g/mol. The molecule has 0 fully saturated rings. The van der Waals surface area contributed by atoms with E-state index in [0.29, 0.717) is 11.5 Å². The molecule has 0 atom stereocenters. The van der Waals surface area contributed by atoms with Crippen LogP contribution in [0.1, 0.15) is 25.8 Å². The zero-order valence-corrected chi connectivity index (χ0v) is 27.5. The summed E-state index contributed by atoms with van der Waals surface area (Å²) in [5.74, 6) is 0.398. The smallest absolute Gasteiger partial charge is 0.132 e. The van der Waals surface area contributed by atoms with E-state index in [0.717, 1.165) is 50.5 Å². The van der Waals surface area contributed by atoms with Crippen LogP contribution in [0.15, 0.2) is 72.9 Å². The summed E-state index contributed by atoms with van der Waals surface area (Å²) < 4.78 is 27.0. The van der Waals surface area contributed by atoms with E-state index >= 15 is 4.39 Å². The van der Waals surface area contributed by atoms with E-state index in [9.17, 15) is 0 Å². The van der Waals surface area contributed by atoms with E-state index in [2.05, 4.69) is 90.7 Å². The third kappa shape index (κ3) is 5.51. The van der Waals surface area contributed by atoms with Gasteiger partial charge in [-0.05, 0) is 66.3 Å². The van der Waals surface area contributed by atoms with Crippen molar-refractivity contribution < 1.29 is 4.39 Å². The molecule has 7 rings (SSSR count). The van der Waals surface area contributed by atoms with Crippen molar-refractivity contribution >= 4 is 71.9 Å². The number of fused-ring (bicyclic) bond motifs is 2. The van der Waals surface area contributed by atoms with Gasteiger partial charge in [-0.3, -0.25) is 0 Å². The molecule has 0 saturated carbocycles. The molecule has 0 spiro atoms. The van der Waals surface area contributed by atoms with Gasteiger partial charge in [-0.1, -0.05) is 44.2 Å². The van der Waals surface area contributed by atoms with Gasteiger partial charge in [0, 0.05) is 61.8 Å². The summed E-state index contributed by atoms with van der Waals surface area (Å²) in [6, 6.07) is 23.1. The molecule has 0 amide bonds. The monoisotopic (exact) mass is 640 g/mol. The maximum Gasteiger partial charge on any atom is 0.132 e. The van der Waals surface area contributed by atoms with E-state index in [1.54, 1.807) is 23.6 Å². The third-order valence-corrected chi connectivity index (χ3v) is 11.6. The first-order valence-electron chi connectivity index (χ1n) is 14.2. The number of hydrogen-bond acceptors (Lipinski definition) is 8. The highest BCUT2D eigenvalue weighted by molar-refractivity contribution is 7.31. The summed E-state index contributed by atoms with van der Waals surface area (Å²) in [4.78, 5) is 10.1. The maximum atomic E-state index is 15.1. The summed E-state index contributed by atoms with van der Waals surface area (Å²) >= 11 is 6.31. The van der Waals surface area contributed by atoms with Crippen LogP contribution in [0.5, 0.6) is 0 Å². The maximum absolute atomic E-state index is 15.1. The normalized spacial score (nSPS) is 11.8. The number of rotatable bonds is 8. The van der Waals surface area contributed by atoms with Crippen LogP contribution in [0.25, 0.3) is 62.3 Å². The first-order chi connectivity index (χ1) is 20.8.